The fraction of sp³-hybridized carbons (Fsp3) is 0.200. The second-order valence-corrected chi connectivity index (χ2v) is 4.18. The molecular weight excluding hydrogens is 182 g/mol. The van der Waals surface area contributed by atoms with E-state index in [4.69, 9.17) is 0 Å². The van der Waals surface area contributed by atoms with Gasteiger partial charge in [0.2, 0.25) is 0 Å². The van der Waals surface area contributed by atoms with Crippen LogP contribution in [0.5, 0.6) is 0 Å². The molecule has 0 atom stereocenters. The Morgan fingerprint density at radius 1 is 1.46 bits per heavy atom. The van der Waals surface area contributed by atoms with Crippen molar-refractivity contribution in [1.82, 2.24) is 4.98 Å². The Morgan fingerprint density at radius 3 is 2.92 bits per heavy atom. The molecule has 0 amide bonds. The number of hydrogen-bond donors (Lipinski definition) is 0. The van der Waals surface area contributed by atoms with Gasteiger partial charge < -0.3 is 0 Å². The highest BCUT2D eigenvalue weighted by molar-refractivity contribution is 7.18. The van der Waals surface area contributed by atoms with Gasteiger partial charge >= 0.3 is 0 Å². The highest BCUT2D eigenvalue weighted by Crippen LogP contribution is 2.24. The van der Waals surface area contributed by atoms with Crippen molar-refractivity contribution in [2.45, 2.75) is 13.8 Å². The summed E-state index contributed by atoms with van der Waals surface area (Å²) < 4.78 is 1.09. The number of para-hydroxylation sites is 1. The van der Waals surface area contributed by atoms with E-state index >= 15 is 0 Å². The van der Waals surface area contributed by atoms with Gasteiger partial charge in [-0.15, -0.1) is 11.3 Å². The molecule has 1 aromatic carbocycles. The number of aromatic nitrogens is 1. The van der Waals surface area contributed by atoms with E-state index in [2.05, 4.69) is 4.98 Å². The molecule has 13 heavy (non-hydrogen) atoms. The molecule has 0 N–H and O–H groups in total. The number of nitrogens with zero attached hydrogens (tertiary/aromatic N) is 1. The minimum atomic E-state index is 0.0795. The van der Waals surface area contributed by atoms with Crippen molar-refractivity contribution in [3.63, 3.8) is 0 Å². The van der Waals surface area contributed by atoms with Crippen molar-refractivity contribution in [2.24, 2.45) is 0 Å². The van der Waals surface area contributed by atoms with E-state index in [0.717, 1.165) is 20.8 Å². The minimum absolute atomic E-state index is 0.0795. The summed E-state index contributed by atoms with van der Waals surface area (Å²) in [6, 6.07) is 5.72. The van der Waals surface area contributed by atoms with Crippen LogP contribution in [0.15, 0.2) is 18.2 Å². The smallest absolute Gasteiger partial charge is 0.162 e. The predicted octanol–water partition coefficient (Wildman–Crippen LogP) is 2.81. The quantitative estimate of drug-likeness (QED) is 0.649. The van der Waals surface area contributed by atoms with Crippen LogP contribution in [0.4, 0.5) is 0 Å². The number of thiazole rings is 1. The number of carbonyl (C=O) groups excluding carboxylic acids is 1. The molecule has 1 heterocycles. The zero-order valence-electron chi connectivity index (χ0n) is 7.50. The molecule has 0 aliphatic carbocycles. The van der Waals surface area contributed by atoms with Crippen LogP contribution >= 0.6 is 11.3 Å². The number of fused-ring (bicyclic) bond motifs is 1. The van der Waals surface area contributed by atoms with Crippen molar-refractivity contribution in [3.8, 4) is 0 Å². The van der Waals surface area contributed by atoms with E-state index in [0.29, 0.717) is 0 Å². The van der Waals surface area contributed by atoms with Gasteiger partial charge in [-0.05, 0) is 26.0 Å². The fourth-order valence-electron chi connectivity index (χ4n) is 1.34. The Kier molecular flexibility index (Phi) is 1.88. The molecule has 2 nitrogen and oxygen atoms in total. The van der Waals surface area contributed by atoms with Crippen LogP contribution in [0.1, 0.15) is 22.3 Å². The van der Waals surface area contributed by atoms with E-state index in [9.17, 15) is 4.79 Å². The second-order valence-electron chi connectivity index (χ2n) is 2.94. The Labute approximate surface area is 80.2 Å². The summed E-state index contributed by atoms with van der Waals surface area (Å²) in [5, 5.41) is 1.00. The minimum Gasteiger partial charge on any atom is -0.294 e. The normalized spacial score (nSPS) is 10.6. The molecular formula is C10H9NOS. The van der Waals surface area contributed by atoms with E-state index in [1.54, 1.807) is 18.3 Å². The van der Waals surface area contributed by atoms with Crippen LogP contribution in [0, 0.1) is 6.92 Å². The number of ketones is 1. The summed E-state index contributed by atoms with van der Waals surface area (Å²) in [6.07, 6.45) is 0. The molecule has 0 spiro atoms. The molecule has 0 aliphatic heterocycles. The molecule has 1 aromatic heterocycles. The lowest BCUT2D eigenvalue weighted by molar-refractivity contribution is 0.101. The van der Waals surface area contributed by atoms with E-state index in [-0.39, 0.29) is 5.78 Å². The number of hydrogen-bond acceptors (Lipinski definition) is 3. The molecule has 0 aliphatic rings. The van der Waals surface area contributed by atoms with Gasteiger partial charge in [-0.1, -0.05) is 6.07 Å². The molecule has 0 saturated carbocycles. The summed E-state index contributed by atoms with van der Waals surface area (Å²) in [4.78, 5) is 15.6. The monoisotopic (exact) mass is 191 g/mol. The number of rotatable bonds is 1. The molecule has 0 unspecified atom stereocenters. The lowest BCUT2D eigenvalue weighted by Crippen LogP contribution is -1.92. The number of benzene rings is 1. The van der Waals surface area contributed by atoms with Crippen molar-refractivity contribution in [1.29, 1.82) is 0 Å². The summed E-state index contributed by atoms with van der Waals surface area (Å²) >= 11 is 1.62. The van der Waals surface area contributed by atoms with Crippen LogP contribution in [0.2, 0.25) is 0 Å². The fourth-order valence-corrected chi connectivity index (χ4v) is 2.20. The standard InChI is InChI=1S/C10H9NOS/c1-6(12)8-4-3-5-9-10(8)11-7(2)13-9/h3-5H,1-2H3. The highest BCUT2D eigenvalue weighted by Gasteiger charge is 2.08. The zero-order valence-corrected chi connectivity index (χ0v) is 8.31. The van der Waals surface area contributed by atoms with Gasteiger partial charge in [0.05, 0.1) is 15.2 Å². The van der Waals surface area contributed by atoms with Crippen LogP contribution < -0.4 is 0 Å². The van der Waals surface area contributed by atoms with Crippen LogP contribution in [0.25, 0.3) is 10.2 Å². The largest absolute Gasteiger partial charge is 0.294 e. The molecule has 0 bridgehead atoms. The number of Topliss-reactive ketones (excluding diaryl/α,β-unsaturated/α-hetero) is 1. The lowest BCUT2D eigenvalue weighted by Gasteiger charge is -1.94. The summed E-state index contributed by atoms with van der Waals surface area (Å²) in [6.45, 7) is 3.53. The Hall–Kier alpha value is -1.22. The third-order valence-corrected chi connectivity index (χ3v) is 2.84. The van der Waals surface area contributed by atoms with Gasteiger partial charge in [0.25, 0.3) is 0 Å². The van der Waals surface area contributed by atoms with Gasteiger partial charge in [0.1, 0.15) is 0 Å². The predicted molar refractivity (Wildman–Crippen MR) is 54.4 cm³/mol. The van der Waals surface area contributed by atoms with Gasteiger partial charge in [0.15, 0.2) is 5.78 Å². The SMILES string of the molecule is CC(=O)c1cccc2sc(C)nc12. The molecule has 3 heteroatoms. The van der Waals surface area contributed by atoms with Crippen molar-refractivity contribution < 1.29 is 4.79 Å². The van der Waals surface area contributed by atoms with Crippen LogP contribution in [0.3, 0.4) is 0 Å². The topological polar surface area (TPSA) is 30.0 Å². The number of aryl methyl sites for hydroxylation is 1. The Bertz CT molecular complexity index is 473. The molecule has 66 valence electrons. The van der Waals surface area contributed by atoms with Crippen molar-refractivity contribution in [3.05, 3.63) is 28.8 Å². The molecule has 2 rings (SSSR count). The highest BCUT2D eigenvalue weighted by atomic mass is 32.1. The first-order chi connectivity index (χ1) is 6.18. The third-order valence-electron chi connectivity index (χ3n) is 1.91. The molecule has 2 aromatic rings. The maximum Gasteiger partial charge on any atom is 0.162 e. The van der Waals surface area contributed by atoms with E-state index in [1.807, 2.05) is 25.1 Å². The lowest BCUT2D eigenvalue weighted by atomic mass is 10.1. The molecule has 0 saturated heterocycles. The first-order valence-electron chi connectivity index (χ1n) is 4.05. The van der Waals surface area contributed by atoms with E-state index < -0.39 is 0 Å². The summed E-state index contributed by atoms with van der Waals surface area (Å²) in [7, 11) is 0. The molecule has 0 radical (unpaired) electrons. The summed E-state index contributed by atoms with van der Waals surface area (Å²) in [5.74, 6) is 0.0795. The van der Waals surface area contributed by atoms with Crippen LogP contribution in [-0.4, -0.2) is 10.8 Å². The van der Waals surface area contributed by atoms with Crippen LogP contribution in [-0.2, 0) is 0 Å². The first-order valence-corrected chi connectivity index (χ1v) is 4.87. The van der Waals surface area contributed by atoms with Gasteiger partial charge in [-0.2, -0.15) is 0 Å². The van der Waals surface area contributed by atoms with Crippen molar-refractivity contribution >= 4 is 27.3 Å². The van der Waals surface area contributed by atoms with Gasteiger partial charge in [-0.25, -0.2) is 4.98 Å². The summed E-state index contributed by atoms with van der Waals surface area (Å²) in [5.41, 5.74) is 1.57. The van der Waals surface area contributed by atoms with Crippen molar-refractivity contribution in [2.75, 3.05) is 0 Å². The van der Waals surface area contributed by atoms with E-state index in [1.165, 1.54) is 0 Å². The first kappa shape index (κ1) is 8.38. The van der Waals surface area contributed by atoms with Gasteiger partial charge in [-0.3, -0.25) is 4.79 Å². The maximum absolute atomic E-state index is 11.2. The average Bonchev–Trinajstić information content (AvgIpc) is 2.43. The Balaban J connectivity index is 2.82. The zero-order chi connectivity index (χ0) is 9.42. The van der Waals surface area contributed by atoms with Gasteiger partial charge in [0, 0.05) is 5.56 Å². The third kappa shape index (κ3) is 1.35. The molecule has 0 fully saturated rings. The average molecular weight is 191 g/mol. The Morgan fingerprint density at radius 2 is 2.23 bits per heavy atom. The second kappa shape index (κ2) is 2.92. The maximum atomic E-state index is 11.2. The number of carbonyl (C=O) groups is 1.